The predicted octanol–water partition coefficient (Wildman–Crippen LogP) is 5.58. The number of furan rings is 1. The van der Waals surface area contributed by atoms with E-state index in [9.17, 15) is 4.79 Å². The number of methoxy groups -OCH3 is 1. The molecule has 0 saturated carbocycles. The molecular formula is C23H16N4O3S2. The predicted molar refractivity (Wildman–Crippen MR) is 128 cm³/mol. The minimum Gasteiger partial charge on any atom is -0.495 e. The number of hydrogen-bond donors (Lipinski definition) is 1. The number of carbonyl (C=O) groups excluding carboxylic acids is 1. The summed E-state index contributed by atoms with van der Waals surface area (Å²) in [5, 5.41) is 14.1. The van der Waals surface area contributed by atoms with Gasteiger partial charge in [0.1, 0.15) is 16.9 Å². The van der Waals surface area contributed by atoms with Crippen molar-refractivity contribution < 1.29 is 13.9 Å². The fourth-order valence-electron chi connectivity index (χ4n) is 3.78. The van der Waals surface area contributed by atoms with E-state index in [1.165, 1.54) is 11.8 Å². The first kappa shape index (κ1) is 19.1. The number of para-hydroxylation sites is 2. The molecule has 0 aliphatic heterocycles. The summed E-state index contributed by atoms with van der Waals surface area (Å²) >= 11 is 2.92. The molecule has 6 rings (SSSR count). The van der Waals surface area contributed by atoms with Crippen molar-refractivity contribution in [3.8, 4) is 5.75 Å². The molecular weight excluding hydrogens is 444 g/mol. The van der Waals surface area contributed by atoms with Crippen molar-refractivity contribution in [2.45, 2.75) is 5.16 Å². The van der Waals surface area contributed by atoms with Crippen molar-refractivity contribution in [3.63, 3.8) is 0 Å². The average molecular weight is 461 g/mol. The zero-order valence-corrected chi connectivity index (χ0v) is 18.5. The van der Waals surface area contributed by atoms with Gasteiger partial charge in [-0.2, -0.15) is 0 Å². The molecule has 158 valence electrons. The second-order valence-electron chi connectivity index (χ2n) is 7.15. The first-order valence-corrected chi connectivity index (χ1v) is 11.7. The van der Waals surface area contributed by atoms with Crippen molar-refractivity contribution in [3.05, 3.63) is 60.7 Å². The van der Waals surface area contributed by atoms with Gasteiger partial charge in [0, 0.05) is 16.8 Å². The van der Waals surface area contributed by atoms with Gasteiger partial charge in [-0.05, 0) is 24.3 Å². The molecule has 7 nitrogen and oxygen atoms in total. The van der Waals surface area contributed by atoms with Crippen molar-refractivity contribution >= 4 is 71.8 Å². The summed E-state index contributed by atoms with van der Waals surface area (Å²) in [5.74, 6) is 0.600. The molecule has 1 N–H and O–H groups in total. The first-order chi connectivity index (χ1) is 15.7. The first-order valence-electron chi connectivity index (χ1n) is 9.86. The van der Waals surface area contributed by atoms with Gasteiger partial charge in [-0.25, -0.2) is 0 Å². The van der Waals surface area contributed by atoms with Gasteiger partial charge in [0.05, 0.1) is 28.8 Å². The van der Waals surface area contributed by atoms with E-state index in [0.29, 0.717) is 22.2 Å². The van der Waals surface area contributed by atoms with Crippen LogP contribution in [-0.4, -0.2) is 33.4 Å². The number of rotatable bonds is 5. The lowest BCUT2D eigenvalue weighted by Gasteiger charge is -2.10. The summed E-state index contributed by atoms with van der Waals surface area (Å²) in [7, 11) is 1.59. The van der Waals surface area contributed by atoms with Crippen molar-refractivity contribution in [2.75, 3.05) is 18.2 Å². The van der Waals surface area contributed by atoms with Gasteiger partial charge in [0.2, 0.25) is 10.9 Å². The Balaban J connectivity index is 1.26. The fraction of sp³-hybridized carbons (Fsp3) is 0.0870. The molecule has 0 saturated heterocycles. The van der Waals surface area contributed by atoms with Gasteiger partial charge in [-0.3, -0.25) is 9.20 Å². The largest absolute Gasteiger partial charge is 0.495 e. The molecule has 0 aliphatic rings. The minimum absolute atomic E-state index is 0.167. The quantitative estimate of drug-likeness (QED) is 0.338. The van der Waals surface area contributed by atoms with E-state index in [-0.39, 0.29) is 11.7 Å². The van der Waals surface area contributed by atoms with Gasteiger partial charge in [0.25, 0.3) is 0 Å². The number of anilines is 1. The van der Waals surface area contributed by atoms with Gasteiger partial charge in [-0.15, -0.1) is 10.2 Å². The van der Waals surface area contributed by atoms with Gasteiger partial charge >= 0.3 is 0 Å². The molecule has 0 aliphatic carbocycles. The normalized spacial score (nSPS) is 11.7. The SMILES string of the molecule is COc1cc2c(cc1NC(=O)CSc1nnc3sc4ccccc4n13)oc1ccccc12. The Morgan fingerprint density at radius 1 is 1.09 bits per heavy atom. The smallest absolute Gasteiger partial charge is 0.234 e. The third-order valence-electron chi connectivity index (χ3n) is 5.22. The van der Waals surface area contributed by atoms with Crippen LogP contribution in [-0.2, 0) is 4.79 Å². The highest BCUT2D eigenvalue weighted by Gasteiger charge is 2.17. The molecule has 6 aromatic rings. The zero-order chi connectivity index (χ0) is 21.7. The number of fused-ring (bicyclic) bond motifs is 6. The number of aromatic nitrogens is 3. The summed E-state index contributed by atoms with van der Waals surface area (Å²) < 4.78 is 14.6. The Labute approximate surface area is 190 Å². The van der Waals surface area contributed by atoms with E-state index in [4.69, 9.17) is 9.15 Å². The van der Waals surface area contributed by atoms with E-state index in [0.717, 1.165) is 31.5 Å². The maximum Gasteiger partial charge on any atom is 0.234 e. The lowest BCUT2D eigenvalue weighted by molar-refractivity contribution is -0.113. The molecule has 0 unspecified atom stereocenters. The van der Waals surface area contributed by atoms with E-state index in [2.05, 4.69) is 21.6 Å². The van der Waals surface area contributed by atoms with Crippen LogP contribution < -0.4 is 10.1 Å². The Morgan fingerprint density at radius 3 is 2.84 bits per heavy atom. The van der Waals surface area contributed by atoms with Crippen LogP contribution >= 0.6 is 23.1 Å². The molecule has 0 bridgehead atoms. The number of amides is 1. The fourth-order valence-corrected chi connectivity index (χ4v) is 5.55. The molecule has 1 amide bonds. The number of hydrogen-bond acceptors (Lipinski definition) is 7. The lowest BCUT2D eigenvalue weighted by Crippen LogP contribution is -2.15. The third-order valence-corrected chi connectivity index (χ3v) is 7.16. The number of thiazole rings is 1. The van der Waals surface area contributed by atoms with E-state index in [1.54, 1.807) is 24.5 Å². The van der Waals surface area contributed by atoms with Crippen LogP contribution in [0.2, 0.25) is 0 Å². The highest BCUT2D eigenvalue weighted by atomic mass is 32.2. The summed E-state index contributed by atoms with van der Waals surface area (Å²) in [4.78, 5) is 13.6. The second-order valence-corrected chi connectivity index (χ2v) is 9.11. The van der Waals surface area contributed by atoms with E-state index >= 15 is 0 Å². The molecule has 9 heteroatoms. The van der Waals surface area contributed by atoms with Gasteiger partial charge in [0.15, 0.2) is 5.16 Å². The van der Waals surface area contributed by atoms with Gasteiger partial charge < -0.3 is 14.5 Å². The van der Waals surface area contributed by atoms with Crippen LogP contribution in [0.4, 0.5) is 5.69 Å². The van der Waals surface area contributed by atoms with Gasteiger partial charge in [-0.1, -0.05) is 53.4 Å². The van der Waals surface area contributed by atoms with Crippen molar-refractivity contribution in [2.24, 2.45) is 0 Å². The van der Waals surface area contributed by atoms with Crippen LogP contribution in [0.1, 0.15) is 0 Å². The summed E-state index contributed by atoms with van der Waals surface area (Å²) in [6, 6.07) is 19.6. The Morgan fingerprint density at radius 2 is 1.94 bits per heavy atom. The van der Waals surface area contributed by atoms with Crippen LogP contribution in [0.5, 0.6) is 5.75 Å². The number of ether oxygens (including phenoxy) is 1. The monoisotopic (exact) mass is 460 g/mol. The van der Waals surface area contributed by atoms with Crippen LogP contribution in [0.15, 0.2) is 70.2 Å². The maximum absolute atomic E-state index is 12.7. The molecule has 0 radical (unpaired) electrons. The molecule has 3 heterocycles. The molecule has 32 heavy (non-hydrogen) atoms. The molecule has 0 spiro atoms. The summed E-state index contributed by atoms with van der Waals surface area (Å²) in [6.07, 6.45) is 0. The highest BCUT2D eigenvalue weighted by molar-refractivity contribution is 7.99. The van der Waals surface area contributed by atoms with Crippen molar-refractivity contribution in [1.29, 1.82) is 0 Å². The molecule has 3 aromatic carbocycles. The Bertz CT molecular complexity index is 1630. The van der Waals surface area contributed by atoms with Crippen molar-refractivity contribution in [1.82, 2.24) is 14.6 Å². The second kappa shape index (κ2) is 7.54. The number of carbonyl (C=O) groups is 1. The number of thioether (sulfide) groups is 1. The summed E-state index contributed by atoms with van der Waals surface area (Å²) in [6.45, 7) is 0. The van der Waals surface area contributed by atoms with Crippen LogP contribution in [0.3, 0.4) is 0 Å². The van der Waals surface area contributed by atoms with Crippen LogP contribution in [0, 0.1) is 0 Å². The number of nitrogens with one attached hydrogen (secondary N) is 1. The maximum atomic E-state index is 12.7. The topological polar surface area (TPSA) is 81.7 Å². The van der Waals surface area contributed by atoms with Crippen LogP contribution in [0.25, 0.3) is 37.1 Å². The zero-order valence-electron chi connectivity index (χ0n) is 16.9. The number of benzene rings is 3. The molecule has 0 atom stereocenters. The third kappa shape index (κ3) is 3.09. The standard InChI is InChI=1S/C23H16N4O3S2/c1-29-19-10-14-13-6-2-4-8-17(13)30-18(14)11-15(19)24-21(28)12-31-22-25-26-23-27(22)16-7-3-5-9-20(16)32-23/h2-11H,12H2,1H3,(H,24,28). The number of nitrogens with zero attached hydrogens (tertiary/aromatic N) is 3. The Hall–Kier alpha value is -3.56. The lowest BCUT2D eigenvalue weighted by atomic mass is 10.1. The summed E-state index contributed by atoms with van der Waals surface area (Å²) in [5.41, 5.74) is 3.09. The minimum atomic E-state index is -0.167. The molecule has 0 fully saturated rings. The highest BCUT2D eigenvalue weighted by Crippen LogP contribution is 2.36. The molecule has 3 aromatic heterocycles. The Kier molecular flexibility index (Phi) is 4.51. The average Bonchev–Trinajstić information content (AvgIpc) is 3.48. The van der Waals surface area contributed by atoms with E-state index < -0.39 is 0 Å². The van der Waals surface area contributed by atoms with E-state index in [1.807, 2.05) is 52.9 Å².